The molecule has 2 aromatic rings. The molecule has 2 aromatic carbocycles. The Labute approximate surface area is 195 Å². The van der Waals surface area contributed by atoms with E-state index in [0.29, 0.717) is 30.2 Å². The molecular formula is C24H30ClN3O3S. The third kappa shape index (κ3) is 5.82. The molecule has 2 amide bonds. The first kappa shape index (κ1) is 23.1. The van der Waals surface area contributed by atoms with Gasteiger partial charge in [-0.1, -0.05) is 29.8 Å². The average Bonchev–Trinajstić information content (AvgIpc) is 2.98. The summed E-state index contributed by atoms with van der Waals surface area (Å²) in [6.07, 6.45) is 7.11. The van der Waals surface area contributed by atoms with Crippen LogP contribution in [-0.4, -0.2) is 50.8 Å². The van der Waals surface area contributed by atoms with Gasteiger partial charge in [-0.25, -0.2) is 13.2 Å². The molecule has 2 aliphatic rings. The number of sulfone groups is 1. The van der Waals surface area contributed by atoms with Crippen LogP contribution in [0.15, 0.2) is 53.4 Å². The largest absolute Gasteiger partial charge is 0.337 e. The molecule has 172 valence electrons. The van der Waals surface area contributed by atoms with E-state index in [9.17, 15) is 13.2 Å². The number of anilines is 1. The molecule has 2 aliphatic heterocycles. The number of nitrogens with one attached hydrogen (secondary N) is 2. The third-order valence-corrected chi connectivity index (χ3v) is 7.96. The summed E-state index contributed by atoms with van der Waals surface area (Å²) >= 11 is 6.01. The average molecular weight is 476 g/mol. The molecule has 0 aliphatic carbocycles. The Morgan fingerprint density at radius 1 is 1.09 bits per heavy atom. The number of nitrogens with zero attached hydrogens (tertiary/aromatic N) is 1. The van der Waals surface area contributed by atoms with E-state index in [1.54, 1.807) is 12.1 Å². The molecule has 4 rings (SSSR count). The van der Waals surface area contributed by atoms with Crippen molar-refractivity contribution in [1.82, 2.24) is 10.2 Å². The number of urea groups is 1. The van der Waals surface area contributed by atoms with E-state index in [1.807, 2.05) is 12.1 Å². The molecule has 2 fully saturated rings. The second kappa shape index (κ2) is 9.81. The highest BCUT2D eigenvalue weighted by molar-refractivity contribution is 7.90. The van der Waals surface area contributed by atoms with Crippen molar-refractivity contribution in [3.63, 3.8) is 0 Å². The van der Waals surface area contributed by atoms with Gasteiger partial charge in [0.25, 0.3) is 0 Å². The molecule has 1 unspecified atom stereocenters. The molecule has 2 bridgehead atoms. The van der Waals surface area contributed by atoms with E-state index in [4.69, 9.17) is 11.6 Å². The Hall–Kier alpha value is -2.09. The van der Waals surface area contributed by atoms with E-state index in [-0.39, 0.29) is 10.9 Å². The van der Waals surface area contributed by atoms with Crippen molar-refractivity contribution in [3.8, 4) is 0 Å². The minimum Gasteiger partial charge on any atom is -0.337 e. The van der Waals surface area contributed by atoms with Crippen LogP contribution in [0.2, 0.25) is 5.02 Å². The Balaban J connectivity index is 1.24. The summed E-state index contributed by atoms with van der Waals surface area (Å²) in [6, 6.07) is 15.3. The zero-order valence-electron chi connectivity index (χ0n) is 18.3. The van der Waals surface area contributed by atoms with Gasteiger partial charge in [0.05, 0.1) is 4.90 Å². The van der Waals surface area contributed by atoms with E-state index in [1.165, 1.54) is 43.4 Å². The molecule has 0 saturated carbocycles. The van der Waals surface area contributed by atoms with Crippen molar-refractivity contribution in [2.24, 2.45) is 5.92 Å². The van der Waals surface area contributed by atoms with Crippen LogP contribution in [0.25, 0.3) is 0 Å². The number of fused-ring (bicyclic) bond motifs is 2. The molecule has 8 heteroatoms. The fourth-order valence-corrected chi connectivity index (χ4v) is 5.94. The maximum Gasteiger partial charge on any atom is 0.319 e. The second-order valence-electron chi connectivity index (χ2n) is 8.97. The molecule has 2 heterocycles. The molecular weight excluding hydrogens is 446 g/mol. The molecule has 0 radical (unpaired) electrons. The number of carbonyl (C=O) groups is 1. The van der Waals surface area contributed by atoms with E-state index < -0.39 is 9.84 Å². The quantitative estimate of drug-likeness (QED) is 0.624. The normalized spacial score (nSPS) is 23.1. The maximum atomic E-state index is 12.3. The topological polar surface area (TPSA) is 78.5 Å². The predicted molar refractivity (Wildman–Crippen MR) is 128 cm³/mol. The van der Waals surface area contributed by atoms with Crippen molar-refractivity contribution in [2.45, 2.75) is 49.1 Å². The summed E-state index contributed by atoms with van der Waals surface area (Å²) in [5, 5.41) is 6.42. The van der Waals surface area contributed by atoms with Crippen molar-refractivity contribution in [3.05, 3.63) is 59.1 Å². The fraction of sp³-hybridized carbons (Fsp3) is 0.458. The van der Waals surface area contributed by atoms with Crippen LogP contribution in [0, 0.1) is 5.92 Å². The lowest BCUT2D eigenvalue weighted by molar-refractivity contribution is 0.105. The number of carbonyl (C=O) groups excluding carboxylic acids is 1. The summed E-state index contributed by atoms with van der Waals surface area (Å²) in [6.45, 7) is 1.40. The molecule has 0 spiro atoms. The number of halogens is 1. The Morgan fingerprint density at radius 2 is 1.78 bits per heavy atom. The highest BCUT2D eigenvalue weighted by atomic mass is 35.5. The van der Waals surface area contributed by atoms with Gasteiger partial charge >= 0.3 is 6.03 Å². The van der Waals surface area contributed by atoms with Crippen molar-refractivity contribution in [1.29, 1.82) is 0 Å². The minimum absolute atomic E-state index is 0.188. The van der Waals surface area contributed by atoms with Gasteiger partial charge in [-0.15, -0.1) is 0 Å². The minimum atomic E-state index is -3.31. The summed E-state index contributed by atoms with van der Waals surface area (Å²) in [7, 11) is -3.31. The highest BCUT2D eigenvalue weighted by Crippen LogP contribution is 2.39. The highest BCUT2D eigenvalue weighted by Gasteiger charge is 2.40. The summed E-state index contributed by atoms with van der Waals surface area (Å²) in [4.78, 5) is 15.0. The second-order valence-corrected chi connectivity index (χ2v) is 11.4. The lowest BCUT2D eigenvalue weighted by atomic mass is 9.86. The number of hydrogen-bond acceptors (Lipinski definition) is 4. The molecule has 3 atom stereocenters. The first-order valence-corrected chi connectivity index (χ1v) is 13.4. The van der Waals surface area contributed by atoms with Crippen molar-refractivity contribution >= 4 is 33.2 Å². The van der Waals surface area contributed by atoms with Gasteiger partial charge in [0.1, 0.15) is 0 Å². The van der Waals surface area contributed by atoms with Crippen LogP contribution in [0.5, 0.6) is 0 Å². The van der Waals surface area contributed by atoms with Crippen molar-refractivity contribution < 1.29 is 13.2 Å². The maximum absolute atomic E-state index is 12.3. The van der Waals surface area contributed by atoms with Crippen LogP contribution in [0.1, 0.15) is 31.2 Å². The summed E-state index contributed by atoms with van der Waals surface area (Å²) in [5.41, 5.74) is 1.82. The van der Waals surface area contributed by atoms with Crippen LogP contribution >= 0.6 is 11.6 Å². The molecule has 0 aromatic heterocycles. The standard InChI is InChI=1S/C24H30ClN3O3S/c1-32(30,31)23-4-2-3-20(16-23)27-24(29)26-11-12-28-21-9-10-22(28)15-18(14-21)13-17-5-7-19(25)8-6-17/h2-8,16,18,21-22H,9-15H2,1H3,(H2,26,27,29)/t18?,21-,22+. The Kier molecular flexibility index (Phi) is 7.08. The van der Waals surface area contributed by atoms with Crippen LogP contribution in [0.3, 0.4) is 0 Å². The first-order valence-electron chi connectivity index (χ1n) is 11.1. The van der Waals surface area contributed by atoms with E-state index >= 15 is 0 Å². The first-order chi connectivity index (χ1) is 15.3. The Morgan fingerprint density at radius 3 is 2.44 bits per heavy atom. The number of hydrogen-bond donors (Lipinski definition) is 2. The van der Waals surface area contributed by atoms with Crippen molar-refractivity contribution in [2.75, 3.05) is 24.7 Å². The van der Waals surface area contributed by atoms with Gasteiger partial charge in [-0.3, -0.25) is 4.90 Å². The number of amides is 2. The molecule has 6 nitrogen and oxygen atoms in total. The van der Waals surface area contributed by atoms with Gasteiger partial charge in [0.15, 0.2) is 9.84 Å². The van der Waals surface area contributed by atoms with Gasteiger partial charge in [-0.05, 0) is 73.9 Å². The number of rotatable bonds is 7. The van der Waals surface area contributed by atoms with Crippen LogP contribution in [0.4, 0.5) is 10.5 Å². The van der Waals surface area contributed by atoms with E-state index in [0.717, 1.165) is 24.2 Å². The van der Waals surface area contributed by atoms with Gasteiger partial charge < -0.3 is 10.6 Å². The third-order valence-electron chi connectivity index (χ3n) is 6.60. The van der Waals surface area contributed by atoms with Crippen LogP contribution in [-0.2, 0) is 16.3 Å². The fourth-order valence-electron chi connectivity index (χ4n) is 5.15. The number of piperidine rings is 1. The van der Waals surface area contributed by atoms with E-state index in [2.05, 4.69) is 27.7 Å². The molecule has 32 heavy (non-hydrogen) atoms. The van der Waals surface area contributed by atoms with Crippen LogP contribution < -0.4 is 10.6 Å². The molecule has 2 N–H and O–H groups in total. The SMILES string of the molecule is CS(=O)(=O)c1cccc(NC(=O)NCCN2[C@@H]3CC[C@H]2CC(Cc2ccc(Cl)cc2)C3)c1. The smallest absolute Gasteiger partial charge is 0.319 e. The zero-order chi connectivity index (χ0) is 22.7. The molecule has 2 saturated heterocycles. The lowest BCUT2D eigenvalue weighted by Gasteiger charge is -2.39. The van der Waals surface area contributed by atoms with Gasteiger partial charge in [-0.2, -0.15) is 0 Å². The lowest BCUT2D eigenvalue weighted by Crippen LogP contribution is -2.47. The zero-order valence-corrected chi connectivity index (χ0v) is 19.8. The van der Waals surface area contributed by atoms with Gasteiger partial charge in [0.2, 0.25) is 0 Å². The van der Waals surface area contributed by atoms with Gasteiger partial charge in [0, 0.05) is 42.1 Å². The summed E-state index contributed by atoms with van der Waals surface area (Å²) < 4.78 is 23.4. The predicted octanol–water partition coefficient (Wildman–Crippen LogP) is 4.35. The Bertz CT molecular complexity index is 1040. The summed E-state index contributed by atoms with van der Waals surface area (Å²) in [5.74, 6) is 0.698. The number of benzene rings is 2. The monoisotopic (exact) mass is 475 g/mol.